The first-order valence-corrected chi connectivity index (χ1v) is 9.42. The van der Waals surface area contributed by atoms with Crippen LogP contribution in [0.15, 0.2) is 47.2 Å². The van der Waals surface area contributed by atoms with Crippen molar-refractivity contribution in [3.63, 3.8) is 0 Å². The third-order valence-corrected chi connectivity index (χ3v) is 4.77. The van der Waals surface area contributed by atoms with Crippen molar-refractivity contribution in [2.24, 2.45) is 0 Å². The lowest BCUT2D eigenvalue weighted by Gasteiger charge is -2.22. The third-order valence-electron chi connectivity index (χ3n) is 3.81. The first-order valence-electron chi connectivity index (χ1n) is 8.54. The number of aryl methyl sites for hydroxylation is 1. The maximum Gasteiger partial charge on any atom is 0.0572 e. The van der Waals surface area contributed by atoms with E-state index in [1.54, 1.807) is 11.8 Å². The van der Waals surface area contributed by atoms with Gasteiger partial charge in [0.2, 0.25) is 0 Å². The summed E-state index contributed by atoms with van der Waals surface area (Å²) in [6.45, 7) is 10.4. The molecular weight excluding hydrogens is 286 g/mol. The van der Waals surface area contributed by atoms with Gasteiger partial charge >= 0.3 is 0 Å². The highest BCUT2D eigenvalue weighted by Gasteiger charge is 2.13. The molecular formula is C20H31NS. The molecule has 22 heavy (non-hydrogen) atoms. The van der Waals surface area contributed by atoms with Crippen LogP contribution in [0.2, 0.25) is 0 Å². The van der Waals surface area contributed by atoms with Crippen molar-refractivity contribution in [2.45, 2.75) is 65.3 Å². The molecule has 1 atom stereocenters. The van der Waals surface area contributed by atoms with Crippen molar-refractivity contribution in [3.05, 3.63) is 52.8 Å². The molecule has 0 saturated carbocycles. The van der Waals surface area contributed by atoms with E-state index >= 15 is 0 Å². The average Bonchev–Trinajstić information content (AvgIpc) is 2.56. The number of hydrogen-bond acceptors (Lipinski definition) is 2. The predicted octanol–water partition coefficient (Wildman–Crippen LogP) is 6.78. The molecule has 1 unspecified atom stereocenters. The van der Waals surface area contributed by atoms with Gasteiger partial charge in [-0.2, -0.15) is 0 Å². The van der Waals surface area contributed by atoms with Gasteiger partial charge in [-0.1, -0.05) is 57.9 Å². The quantitative estimate of drug-likeness (QED) is 0.482. The third kappa shape index (κ3) is 6.74. The van der Waals surface area contributed by atoms with Crippen LogP contribution >= 0.6 is 11.8 Å². The molecule has 0 amide bonds. The van der Waals surface area contributed by atoms with E-state index < -0.39 is 0 Å². The van der Waals surface area contributed by atoms with Crippen LogP contribution in [0, 0.1) is 0 Å². The standard InChI is InChI=1S/C20H31NS/c1-5-9-11-17-13-15-18(16-14-17)21-19(12-10-6-2)20(7-3)22-8-4/h7-8,13-16,19,21H,4-6,9-12H2,1-3H3/b20-7-. The molecule has 0 aromatic heterocycles. The molecule has 0 fully saturated rings. The van der Waals surface area contributed by atoms with Gasteiger partial charge in [0, 0.05) is 10.6 Å². The Morgan fingerprint density at radius 2 is 1.86 bits per heavy atom. The minimum absolute atomic E-state index is 0.384. The van der Waals surface area contributed by atoms with Gasteiger partial charge in [-0.15, -0.1) is 11.8 Å². The summed E-state index contributed by atoms with van der Waals surface area (Å²) < 4.78 is 0. The summed E-state index contributed by atoms with van der Waals surface area (Å²) in [6.07, 6.45) is 9.53. The minimum Gasteiger partial charge on any atom is -0.378 e. The Morgan fingerprint density at radius 3 is 2.41 bits per heavy atom. The van der Waals surface area contributed by atoms with E-state index in [2.05, 4.69) is 63.0 Å². The van der Waals surface area contributed by atoms with Crippen LogP contribution in [0.25, 0.3) is 0 Å². The number of benzene rings is 1. The summed E-state index contributed by atoms with van der Waals surface area (Å²) in [5, 5.41) is 5.62. The average molecular weight is 318 g/mol. The Balaban J connectivity index is 2.73. The Morgan fingerprint density at radius 1 is 1.18 bits per heavy atom. The zero-order chi connectivity index (χ0) is 16.2. The highest BCUT2D eigenvalue weighted by molar-refractivity contribution is 8.05. The zero-order valence-electron chi connectivity index (χ0n) is 14.4. The second-order valence-electron chi connectivity index (χ2n) is 5.62. The molecule has 0 saturated heterocycles. The first kappa shape index (κ1) is 18.9. The van der Waals surface area contributed by atoms with Crippen molar-refractivity contribution in [2.75, 3.05) is 5.32 Å². The first-order chi connectivity index (χ1) is 10.7. The van der Waals surface area contributed by atoms with E-state index in [0.29, 0.717) is 6.04 Å². The van der Waals surface area contributed by atoms with E-state index in [9.17, 15) is 0 Å². The second-order valence-corrected chi connectivity index (χ2v) is 6.66. The monoisotopic (exact) mass is 317 g/mol. The van der Waals surface area contributed by atoms with Crippen LogP contribution < -0.4 is 5.32 Å². The number of unbranched alkanes of at least 4 members (excludes halogenated alkanes) is 2. The number of allylic oxidation sites excluding steroid dienone is 1. The smallest absolute Gasteiger partial charge is 0.0572 e. The summed E-state index contributed by atoms with van der Waals surface area (Å²) in [4.78, 5) is 1.36. The Bertz CT molecular complexity index is 447. The lowest BCUT2D eigenvalue weighted by molar-refractivity contribution is 0.676. The highest BCUT2D eigenvalue weighted by Crippen LogP contribution is 2.26. The molecule has 1 N–H and O–H groups in total. The van der Waals surface area contributed by atoms with E-state index in [1.165, 1.54) is 48.3 Å². The van der Waals surface area contributed by atoms with Crippen LogP contribution in [-0.4, -0.2) is 6.04 Å². The molecule has 1 aromatic rings. The van der Waals surface area contributed by atoms with Crippen LogP contribution in [-0.2, 0) is 6.42 Å². The summed E-state index contributed by atoms with van der Waals surface area (Å²) >= 11 is 1.73. The van der Waals surface area contributed by atoms with Crippen LogP contribution in [0.1, 0.15) is 58.4 Å². The molecule has 0 heterocycles. The van der Waals surface area contributed by atoms with Crippen LogP contribution in [0.3, 0.4) is 0 Å². The summed E-state index contributed by atoms with van der Waals surface area (Å²) in [5.74, 6) is 0. The summed E-state index contributed by atoms with van der Waals surface area (Å²) in [5.41, 5.74) is 2.65. The molecule has 0 aliphatic rings. The molecule has 0 spiro atoms. The fraction of sp³-hybridized carbons (Fsp3) is 0.500. The van der Waals surface area contributed by atoms with Gasteiger partial charge in [0.1, 0.15) is 0 Å². The SMILES string of the molecule is C=CS/C(=C\C)C(CCCC)Nc1ccc(CCCC)cc1. The second kappa shape index (κ2) is 11.4. The van der Waals surface area contributed by atoms with E-state index in [1.807, 2.05) is 5.41 Å². The molecule has 0 aliphatic carbocycles. The molecule has 1 rings (SSSR count). The molecule has 2 heteroatoms. The maximum absolute atomic E-state index is 3.85. The van der Waals surface area contributed by atoms with Crippen LogP contribution in [0.4, 0.5) is 5.69 Å². The molecule has 122 valence electrons. The molecule has 0 radical (unpaired) electrons. The lowest BCUT2D eigenvalue weighted by Crippen LogP contribution is -2.20. The minimum atomic E-state index is 0.384. The Kier molecular flexibility index (Phi) is 9.81. The summed E-state index contributed by atoms with van der Waals surface area (Å²) in [7, 11) is 0. The van der Waals surface area contributed by atoms with Crippen molar-refractivity contribution < 1.29 is 0 Å². The van der Waals surface area contributed by atoms with E-state index in [4.69, 9.17) is 0 Å². The highest BCUT2D eigenvalue weighted by atomic mass is 32.2. The lowest BCUT2D eigenvalue weighted by atomic mass is 10.1. The normalized spacial score (nSPS) is 13.0. The maximum atomic E-state index is 3.85. The fourth-order valence-corrected chi connectivity index (χ4v) is 3.16. The molecule has 1 nitrogen and oxygen atoms in total. The largest absolute Gasteiger partial charge is 0.378 e. The molecule has 0 bridgehead atoms. The number of hydrogen-bond donors (Lipinski definition) is 1. The van der Waals surface area contributed by atoms with Gasteiger partial charge in [-0.3, -0.25) is 0 Å². The van der Waals surface area contributed by atoms with Crippen molar-refractivity contribution in [1.82, 2.24) is 0 Å². The van der Waals surface area contributed by atoms with Gasteiger partial charge in [0.15, 0.2) is 0 Å². The van der Waals surface area contributed by atoms with E-state index in [0.717, 1.165) is 6.42 Å². The van der Waals surface area contributed by atoms with Crippen molar-refractivity contribution in [3.8, 4) is 0 Å². The summed E-state index contributed by atoms with van der Waals surface area (Å²) in [6, 6.07) is 9.33. The Labute approximate surface area is 141 Å². The predicted molar refractivity (Wildman–Crippen MR) is 104 cm³/mol. The van der Waals surface area contributed by atoms with Gasteiger partial charge in [-0.05, 0) is 49.3 Å². The number of anilines is 1. The number of rotatable bonds is 11. The number of nitrogens with one attached hydrogen (secondary N) is 1. The number of thioether (sulfide) groups is 1. The van der Waals surface area contributed by atoms with Crippen molar-refractivity contribution >= 4 is 17.4 Å². The van der Waals surface area contributed by atoms with E-state index in [-0.39, 0.29) is 0 Å². The fourth-order valence-electron chi connectivity index (χ4n) is 2.49. The zero-order valence-corrected chi connectivity index (χ0v) is 15.2. The van der Waals surface area contributed by atoms with Crippen LogP contribution in [0.5, 0.6) is 0 Å². The van der Waals surface area contributed by atoms with Crippen molar-refractivity contribution in [1.29, 1.82) is 0 Å². The topological polar surface area (TPSA) is 12.0 Å². The molecule has 1 aromatic carbocycles. The van der Waals surface area contributed by atoms with Gasteiger partial charge in [-0.25, -0.2) is 0 Å². The van der Waals surface area contributed by atoms with Gasteiger partial charge in [0.25, 0.3) is 0 Å². The van der Waals surface area contributed by atoms with Gasteiger partial charge in [0.05, 0.1) is 6.04 Å². The molecule has 0 aliphatic heterocycles. The Hall–Kier alpha value is -1.15. The van der Waals surface area contributed by atoms with Gasteiger partial charge < -0.3 is 5.32 Å².